The Morgan fingerprint density at radius 3 is 2.28 bits per heavy atom. The molecule has 0 atom stereocenters. The van der Waals surface area contributed by atoms with Crippen LogP contribution in [0, 0.1) is 0 Å². The zero-order valence-corrected chi connectivity index (χ0v) is 17.4. The van der Waals surface area contributed by atoms with Crippen LogP contribution in [0.1, 0.15) is 43.1 Å². The average molecular weight is 392 g/mol. The third kappa shape index (κ3) is 8.60. The Hall–Kier alpha value is -3.14. The Morgan fingerprint density at radius 1 is 0.931 bits per heavy atom. The summed E-state index contributed by atoms with van der Waals surface area (Å²) >= 11 is 0. The highest BCUT2D eigenvalue weighted by atomic mass is 16.5. The lowest BCUT2D eigenvalue weighted by Crippen LogP contribution is -2.25. The number of carbonyl (C=O) groups is 2. The first-order valence-electron chi connectivity index (χ1n) is 9.85. The molecule has 4 heteroatoms. The van der Waals surface area contributed by atoms with Gasteiger partial charge < -0.3 is 10.1 Å². The van der Waals surface area contributed by atoms with E-state index in [9.17, 15) is 9.59 Å². The zero-order valence-electron chi connectivity index (χ0n) is 17.4. The van der Waals surface area contributed by atoms with Crippen LogP contribution in [0.2, 0.25) is 0 Å². The van der Waals surface area contributed by atoms with Gasteiger partial charge in [-0.2, -0.15) is 0 Å². The topological polar surface area (TPSA) is 55.4 Å². The first-order chi connectivity index (χ1) is 13.9. The van der Waals surface area contributed by atoms with Crippen LogP contribution in [0.25, 0.3) is 0 Å². The maximum atomic E-state index is 12.0. The van der Waals surface area contributed by atoms with E-state index in [1.165, 1.54) is 0 Å². The van der Waals surface area contributed by atoms with Crippen LogP contribution in [-0.2, 0) is 11.2 Å². The van der Waals surface area contributed by atoms with Crippen molar-refractivity contribution in [3.63, 3.8) is 0 Å². The van der Waals surface area contributed by atoms with Gasteiger partial charge in [0, 0.05) is 18.5 Å². The number of benzene rings is 2. The van der Waals surface area contributed by atoms with Gasteiger partial charge in [0.15, 0.2) is 5.78 Å². The molecular formula is C25H29NO3. The van der Waals surface area contributed by atoms with E-state index in [-0.39, 0.29) is 11.7 Å². The van der Waals surface area contributed by atoms with E-state index in [0.717, 1.165) is 28.9 Å². The van der Waals surface area contributed by atoms with Crippen molar-refractivity contribution in [3.8, 4) is 5.75 Å². The van der Waals surface area contributed by atoms with Gasteiger partial charge >= 0.3 is 0 Å². The van der Waals surface area contributed by atoms with Gasteiger partial charge in [-0.1, -0.05) is 41.5 Å². The van der Waals surface area contributed by atoms with E-state index < -0.39 is 0 Å². The van der Waals surface area contributed by atoms with Crippen molar-refractivity contribution in [2.45, 2.75) is 33.6 Å². The number of ether oxygens (including phenoxy) is 1. The fraction of sp³-hybridized carbons (Fsp3) is 0.280. The molecule has 0 unspecified atom stereocenters. The number of carbonyl (C=O) groups excluding carboxylic acids is 2. The first-order valence-corrected chi connectivity index (χ1v) is 9.85. The smallest absolute Gasteiger partial charge is 0.251 e. The second-order valence-corrected chi connectivity index (χ2v) is 7.23. The molecule has 29 heavy (non-hydrogen) atoms. The van der Waals surface area contributed by atoms with Crippen LogP contribution in [0.4, 0.5) is 0 Å². The van der Waals surface area contributed by atoms with Crippen LogP contribution in [-0.4, -0.2) is 24.8 Å². The predicted molar refractivity (Wildman–Crippen MR) is 117 cm³/mol. The molecular weight excluding hydrogens is 362 g/mol. The zero-order chi connectivity index (χ0) is 21.1. The Labute approximate surface area is 173 Å². The van der Waals surface area contributed by atoms with Gasteiger partial charge in [0.1, 0.15) is 5.75 Å². The quantitative estimate of drug-likeness (QED) is 0.586. The Morgan fingerprint density at radius 2 is 1.62 bits per heavy atom. The molecule has 0 saturated heterocycles. The summed E-state index contributed by atoms with van der Waals surface area (Å²) in [6, 6.07) is 17.1. The fourth-order valence-electron chi connectivity index (χ4n) is 2.74. The fourth-order valence-corrected chi connectivity index (χ4v) is 2.74. The standard InChI is InChI=1S/C25H29NO3/c1-19(2)17-23(27)18-20(3)14-16-29-24-11-9-21(10-12-24)13-15-26-25(28)22-7-5-4-6-8-22/h4-12,17-18H,13-16H2,1-3H3,(H,26,28)/b20-18-. The van der Waals surface area contributed by atoms with E-state index in [1.807, 2.05) is 63.2 Å². The van der Waals surface area contributed by atoms with Crippen LogP contribution in [0.15, 0.2) is 77.9 Å². The van der Waals surface area contributed by atoms with Crippen molar-refractivity contribution in [2.24, 2.45) is 0 Å². The molecule has 0 aromatic heterocycles. The van der Waals surface area contributed by atoms with Crippen molar-refractivity contribution in [1.82, 2.24) is 5.32 Å². The Balaban J connectivity index is 1.72. The number of hydrogen-bond acceptors (Lipinski definition) is 3. The van der Waals surface area contributed by atoms with Gasteiger partial charge in [0.25, 0.3) is 5.91 Å². The summed E-state index contributed by atoms with van der Waals surface area (Å²) in [5, 5.41) is 2.93. The second-order valence-electron chi connectivity index (χ2n) is 7.23. The molecule has 152 valence electrons. The molecule has 0 aliphatic rings. The van der Waals surface area contributed by atoms with Gasteiger partial charge in [-0.3, -0.25) is 9.59 Å². The SMILES string of the molecule is CC(C)=CC(=O)/C=C(/C)CCOc1ccc(CCNC(=O)c2ccccc2)cc1. The number of hydrogen-bond donors (Lipinski definition) is 1. The summed E-state index contributed by atoms with van der Waals surface area (Å²) in [7, 11) is 0. The Kier molecular flexibility index (Phi) is 8.90. The van der Waals surface area contributed by atoms with Gasteiger partial charge in [-0.15, -0.1) is 0 Å². The van der Waals surface area contributed by atoms with E-state index in [4.69, 9.17) is 4.74 Å². The molecule has 2 rings (SSSR count). The first kappa shape index (κ1) is 22.2. The summed E-state index contributed by atoms with van der Waals surface area (Å²) in [5.74, 6) is 0.758. The molecule has 0 radical (unpaired) electrons. The van der Waals surface area contributed by atoms with Gasteiger partial charge in [0.2, 0.25) is 0 Å². The molecule has 4 nitrogen and oxygen atoms in total. The molecule has 2 aromatic rings. The second kappa shape index (κ2) is 11.6. The van der Waals surface area contributed by atoms with Gasteiger partial charge in [0.05, 0.1) is 6.61 Å². The highest BCUT2D eigenvalue weighted by Gasteiger charge is 2.04. The monoisotopic (exact) mass is 391 g/mol. The molecule has 2 aromatic carbocycles. The normalized spacial score (nSPS) is 10.9. The van der Waals surface area contributed by atoms with Crippen LogP contribution in [0.5, 0.6) is 5.75 Å². The minimum atomic E-state index is -0.0583. The lowest BCUT2D eigenvalue weighted by Gasteiger charge is -2.08. The van der Waals surface area contributed by atoms with Crippen molar-refractivity contribution in [1.29, 1.82) is 0 Å². The van der Waals surface area contributed by atoms with E-state index in [2.05, 4.69) is 5.32 Å². The van der Waals surface area contributed by atoms with Gasteiger partial charge in [-0.25, -0.2) is 0 Å². The van der Waals surface area contributed by atoms with Crippen LogP contribution >= 0.6 is 0 Å². The summed E-state index contributed by atoms with van der Waals surface area (Å²) < 4.78 is 5.76. The number of amides is 1. The van der Waals surface area contributed by atoms with Crippen molar-refractivity contribution in [2.75, 3.05) is 13.2 Å². The molecule has 0 aliphatic heterocycles. The minimum absolute atomic E-state index is 0.0196. The van der Waals surface area contributed by atoms with Crippen LogP contribution < -0.4 is 10.1 Å². The number of rotatable bonds is 10. The van der Waals surface area contributed by atoms with Crippen LogP contribution in [0.3, 0.4) is 0 Å². The highest BCUT2D eigenvalue weighted by Crippen LogP contribution is 2.14. The van der Waals surface area contributed by atoms with Gasteiger partial charge in [-0.05, 0) is 69.2 Å². The summed E-state index contributed by atoms with van der Waals surface area (Å²) in [5.41, 5.74) is 3.80. The molecule has 1 N–H and O–H groups in total. The molecule has 0 aliphatic carbocycles. The summed E-state index contributed by atoms with van der Waals surface area (Å²) in [6.07, 6.45) is 4.75. The molecule has 0 bridgehead atoms. The van der Waals surface area contributed by atoms with E-state index in [0.29, 0.717) is 25.1 Å². The molecule has 0 heterocycles. The minimum Gasteiger partial charge on any atom is -0.493 e. The van der Waals surface area contributed by atoms with E-state index in [1.54, 1.807) is 24.3 Å². The maximum Gasteiger partial charge on any atom is 0.251 e. The lowest BCUT2D eigenvalue weighted by molar-refractivity contribution is -0.110. The largest absolute Gasteiger partial charge is 0.493 e. The molecule has 0 fully saturated rings. The van der Waals surface area contributed by atoms with E-state index >= 15 is 0 Å². The third-order valence-corrected chi connectivity index (χ3v) is 4.24. The lowest BCUT2D eigenvalue weighted by atomic mass is 10.1. The maximum absolute atomic E-state index is 12.0. The molecule has 0 spiro atoms. The van der Waals surface area contributed by atoms with Crippen molar-refractivity contribution >= 4 is 11.7 Å². The summed E-state index contributed by atoms with van der Waals surface area (Å²) in [4.78, 5) is 23.7. The Bertz CT molecular complexity index is 861. The number of allylic oxidation sites excluding steroid dienone is 3. The van der Waals surface area contributed by atoms with Crippen molar-refractivity contribution in [3.05, 3.63) is 89.0 Å². The third-order valence-electron chi connectivity index (χ3n) is 4.24. The summed E-state index contributed by atoms with van der Waals surface area (Å²) in [6.45, 7) is 6.86. The average Bonchev–Trinajstić information content (AvgIpc) is 2.69. The molecule has 0 saturated carbocycles. The predicted octanol–water partition coefficient (Wildman–Crippen LogP) is 4.91. The molecule has 1 amide bonds. The number of nitrogens with one attached hydrogen (secondary N) is 1. The number of ketones is 1. The highest BCUT2D eigenvalue weighted by molar-refractivity contribution is 6.00. The van der Waals surface area contributed by atoms with Crippen molar-refractivity contribution < 1.29 is 14.3 Å².